The Morgan fingerprint density at radius 2 is 0.971 bits per heavy atom. The van der Waals surface area contributed by atoms with Crippen molar-refractivity contribution in [1.82, 2.24) is 0 Å². The summed E-state index contributed by atoms with van der Waals surface area (Å²) in [4.78, 5) is 44.6. The maximum absolute atomic E-state index is 12.1. The molecular weight excluding hydrogens is 459 g/mol. The predicted octanol–water partition coefficient (Wildman–Crippen LogP) is 6.43. The Morgan fingerprint density at radius 3 is 1.17 bits per heavy atom. The topological polar surface area (TPSA) is 109 Å². The Bertz CT molecular complexity index is 528. The summed E-state index contributed by atoms with van der Waals surface area (Å²) in [6.07, 6.45) is 17.6. The van der Waals surface area contributed by atoms with Gasteiger partial charge in [-0.2, -0.15) is 0 Å². The van der Waals surface area contributed by atoms with Gasteiger partial charge in [-0.25, -0.2) is 0 Å². The second-order valence-corrected chi connectivity index (χ2v) is 9.60. The molecular formula is C28H55AlO6. The smallest absolute Gasteiger partial charge is 0.317 e. The number of aliphatic carboxylic acids is 2. The molecule has 0 aromatic carbocycles. The number of ketones is 2. The highest BCUT2D eigenvalue weighted by Gasteiger charge is 2.42. The van der Waals surface area contributed by atoms with E-state index in [9.17, 15) is 24.3 Å². The number of Topliss-reactive ketones (excluding diaryl/α,β-unsaturated/α-hetero) is 2. The van der Waals surface area contributed by atoms with Gasteiger partial charge in [0.05, 0.1) is 0 Å². The molecule has 1 atom stereocenters. The van der Waals surface area contributed by atoms with Gasteiger partial charge in [-0.1, -0.05) is 111 Å². The molecule has 2 N–H and O–H groups in total. The summed E-state index contributed by atoms with van der Waals surface area (Å²) in [5.41, 5.74) is -1.13. The van der Waals surface area contributed by atoms with E-state index in [-0.39, 0.29) is 28.9 Å². The lowest BCUT2D eigenvalue weighted by Crippen LogP contribution is -2.38. The Hall–Kier alpha value is -1.19. The first-order valence-corrected chi connectivity index (χ1v) is 13.6. The number of carboxylic acid groups (broad SMARTS) is 2. The van der Waals surface area contributed by atoms with E-state index in [0.717, 1.165) is 38.5 Å². The van der Waals surface area contributed by atoms with Crippen LogP contribution in [-0.4, -0.2) is 51.1 Å². The summed E-state index contributed by atoms with van der Waals surface area (Å²) in [7, 11) is 0. The number of unbranched alkanes of at least 4 members (excludes halogenated alkanes) is 12. The Balaban J connectivity index is -0.000000866. The SMILES string of the molecule is CCC(C(C)=O)C(=O)O.CCCCCCCCCC(CCCCCCCCC)(C(C)=O)C(=O)O.[AlH3]. The van der Waals surface area contributed by atoms with Crippen molar-refractivity contribution < 1.29 is 29.4 Å². The highest BCUT2D eigenvalue weighted by molar-refractivity contribution is 6.01. The molecule has 0 amide bonds. The van der Waals surface area contributed by atoms with Crippen LogP contribution in [0.4, 0.5) is 0 Å². The van der Waals surface area contributed by atoms with Crippen LogP contribution in [0.3, 0.4) is 0 Å². The molecule has 206 valence electrons. The zero-order valence-electron chi connectivity index (χ0n) is 22.6. The van der Waals surface area contributed by atoms with Crippen LogP contribution in [0.25, 0.3) is 0 Å². The molecule has 0 aromatic heterocycles. The van der Waals surface area contributed by atoms with Crippen LogP contribution in [0, 0.1) is 11.3 Å². The van der Waals surface area contributed by atoms with Crippen LogP contribution in [0.5, 0.6) is 0 Å². The third-order valence-corrected chi connectivity index (χ3v) is 6.69. The minimum Gasteiger partial charge on any atom is -0.481 e. The third kappa shape index (κ3) is 18.7. The van der Waals surface area contributed by atoms with Crippen LogP contribution in [-0.2, 0) is 19.2 Å². The van der Waals surface area contributed by atoms with E-state index in [1.807, 2.05) is 0 Å². The van der Waals surface area contributed by atoms with E-state index in [0.29, 0.717) is 19.3 Å². The van der Waals surface area contributed by atoms with Crippen molar-refractivity contribution in [3.05, 3.63) is 0 Å². The molecule has 0 aliphatic heterocycles. The molecule has 35 heavy (non-hydrogen) atoms. The van der Waals surface area contributed by atoms with Gasteiger partial charge in [0.1, 0.15) is 22.9 Å². The van der Waals surface area contributed by atoms with E-state index in [4.69, 9.17) is 5.11 Å². The molecule has 6 nitrogen and oxygen atoms in total. The Morgan fingerprint density at radius 1 is 0.629 bits per heavy atom. The lowest BCUT2D eigenvalue weighted by molar-refractivity contribution is -0.155. The van der Waals surface area contributed by atoms with Crippen LogP contribution in [0.2, 0.25) is 0 Å². The zero-order chi connectivity index (χ0) is 26.4. The normalized spacial score (nSPS) is 11.6. The second kappa shape index (κ2) is 24.5. The van der Waals surface area contributed by atoms with Gasteiger partial charge in [-0.15, -0.1) is 0 Å². The minimum absolute atomic E-state index is 0. The van der Waals surface area contributed by atoms with E-state index < -0.39 is 23.3 Å². The lowest BCUT2D eigenvalue weighted by atomic mass is 9.75. The molecule has 0 bridgehead atoms. The Labute approximate surface area is 225 Å². The van der Waals surface area contributed by atoms with Crippen molar-refractivity contribution in [2.24, 2.45) is 11.3 Å². The highest BCUT2D eigenvalue weighted by atomic mass is 27.0. The molecule has 0 saturated carbocycles. The Kier molecular flexibility index (Phi) is 26.8. The molecule has 0 aliphatic carbocycles. The lowest BCUT2D eigenvalue weighted by Gasteiger charge is -2.27. The van der Waals surface area contributed by atoms with Gasteiger partial charge in [-0.05, 0) is 33.1 Å². The molecule has 0 aliphatic rings. The highest BCUT2D eigenvalue weighted by Crippen LogP contribution is 2.33. The summed E-state index contributed by atoms with van der Waals surface area (Å²) < 4.78 is 0. The summed E-state index contributed by atoms with van der Waals surface area (Å²) >= 11 is 0. The second-order valence-electron chi connectivity index (χ2n) is 9.60. The number of rotatable bonds is 21. The molecule has 0 rings (SSSR count). The van der Waals surface area contributed by atoms with E-state index in [2.05, 4.69) is 13.8 Å². The van der Waals surface area contributed by atoms with Gasteiger partial charge in [0.25, 0.3) is 0 Å². The maximum Gasteiger partial charge on any atom is 0.317 e. The van der Waals surface area contributed by atoms with Gasteiger partial charge in [0.2, 0.25) is 0 Å². The van der Waals surface area contributed by atoms with Crippen molar-refractivity contribution >= 4 is 40.9 Å². The zero-order valence-corrected chi connectivity index (χ0v) is 22.6. The average Bonchev–Trinajstić information content (AvgIpc) is 2.76. The summed E-state index contributed by atoms with van der Waals surface area (Å²) in [5, 5.41) is 18.0. The largest absolute Gasteiger partial charge is 0.481 e. The van der Waals surface area contributed by atoms with Gasteiger partial charge < -0.3 is 10.2 Å². The van der Waals surface area contributed by atoms with Crippen molar-refractivity contribution in [2.75, 3.05) is 0 Å². The van der Waals surface area contributed by atoms with E-state index in [1.165, 1.54) is 65.2 Å². The van der Waals surface area contributed by atoms with Crippen molar-refractivity contribution in [1.29, 1.82) is 0 Å². The van der Waals surface area contributed by atoms with Crippen molar-refractivity contribution in [2.45, 2.75) is 144 Å². The molecule has 0 radical (unpaired) electrons. The monoisotopic (exact) mass is 514 g/mol. The van der Waals surface area contributed by atoms with Crippen LogP contribution < -0.4 is 0 Å². The third-order valence-electron chi connectivity index (χ3n) is 6.69. The van der Waals surface area contributed by atoms with Gasteiger partial charge in [0.15, 0.2) is 17.4 Å². The fourth-order valence-corrected chi connectivity index (χ4v) is 4.25. The number of carbonyl (C=O) groups is 4. The fraction of sp³-hybridized carbons (Fsp3) is 0.857. The van der Waals surface area contributed by atoms with Crippen molar-refractivity contribution in [3.63, 3.8) is 0 Å². The molecule has 1 unspecified atom stereocenters. The summed E-state index contributed by atoms with van der Waals surface area (Å²) in [5.74, 6) is -3.16. The maximum atomic E-state index is 12.1. The first kappa shape index (κ1) is 38.3. The number of hydrogen-bond donors (Lipinski definition) is 2. The van der Waals surface area contributed by atoms with E-state index in [1.54, 1.807) is 6.92 Å². The van der Waals surface area contributed by atoms with Gasteiger partial charge >= 0.3 is 11.9 Å². The van der Waals surface area contributed by atoms with Crippen LogP contribution in [0.1, 0.15) is 144 Å². The fourth-order valence-electron chi connectivity index (χ4n) is 4.25. The standard InChI is InChI=1S/C22H42O3.C6H10O3.Al.3H/c1-4-6-8-10-12-14-16-18-22(20(3)23,21(24)25)19-17-15-13-11-9-7-5-2;1-3-5(4(2)7)6(8)9;;;;/h4-19H2,1-3H3,(H,24,25);5H,3H2,1-2H3,(H,8,9);;;;. The summed E-state index contributed by atoms with van der Waals surface area (Å²) in [6, 6.07) is 0. The number of carboxylic acids is 2. The molecule has 0 fully saturated rings. The van der Waals surface area contributed by atoms with Crippen LogP contribution >= 0.6 is 0 Å². The van der Waals surface area contributed by atoms with Gasteiger partial charge in [0, 0.05) is 0 Å². The molecule has 0 aromatic rings. The van der Waals surface area contributed by atoms with Crippen LogP contribution in [0.15, 0.2) is 0 Å². The molecule has 0 heterocycles. The van der Waals surface area contributed by atoms with E-state index >= 15 is 0 Å². The quantitative estimate of drug-likeness (QED) is 0.104. The minimum atomic E-state index is -1.13. The number of carbonyl (C=O) groups excluding carboxylic acids is 2. The average molecular weight is 515 g/mol. The number of hydrogen-bond acceptors (Lipinski definition) is 4. The predicted molar refractivity (Wildman–Crippen MR) is 148 cm³/mol. The first-order valence-electron chi connectivity index (χ1n) is 13.6. The van der Waals surface area contributed by atoms with Crippen molar-refractivity contribution in [3.8, 4) is 0 Å². The van der Waals surface area contributed by atoms with Gasteiger partial charge in [-0.3, -0.25) is 19.2 Å². The molecule has 0 spiro atoms. The summed E-state index contributed by atoms with van der Waals surface area (Å²) in [6.45, 7) is 8.86. The molecule has 7 heteroatoms. The first-order chi connectivity index (χ1) is 16.1. The molecule has 0 saturated heterocycles.